The van der Waals surface area contributed by atoms with Crippen LogP contribution in [0.3, 0.4) is 0 Å². The first-order valence-electron chi connectivity index (χ1n) is 8.38. The molecule has 138 valence electrons. The smallest absolute Gasteiger partial charge is 0.275 e. The molecule has 3 heterocycles. The van der Waals surface area contributed by atoms with Crippen molar-refractivity contribution in [3.05, 3.63) is 64.8 Å². The molecule has 1 amide bonds. The Morgan fingerprint density at radius 3 is 2.81 bits per heavy atom. The van der Waals surface area contributed by atoms with Gasteiger partial charge in [-0.05, 0) is 43.3 Å². The first-order chi connectivity index (χ1) is 13.0. The highest BCUT2D eigenvalue weighted by Gasteiger charge is 2.24. The molecule has 0 radical (unpaired) electrons. The molecule has 2 aromatic heterocycles. The molecule has 3 aromatic rings. The molecule has 0 spiro atoms. The van der Waals surface area contributed by atoms with E-state index < -0.39 is 5.82 Å². The van der Waals surface area contributed by atoms with Crippen molar-refractivity contribution in [1.82, 2.24) is 19.7 Å². The summed E-state index contributed by atoms with van der Waals surface area (Å²) in [6, 6.07) is 9.63. The summed E-state index contributed by atoms with van der Waals surface area (Å²) in [6.45, 7) is 2.57. The number of nitrogens with zero attached hydrogens (tertiary/aromatic N) is 4. The van der Waals surface area contributed by atoms with Crippen molar-refractivity contribution in [2.45, 2.75) is 6.92 Å². The third-order valence-corrected chi connectivity index (χ3v) is 5.44. The van der Waals surface area contributed by atoms with Crippen molar-refractivity contribution in [2.75, 3.05) is 18.2 Å². The number of pyridine rings is 1. The summed E-state index contributed by atoms with van der Waals surface area (Å²) >= 11 is 7.75. The number of hydrogen-bond donors (Lipinski definition) is 0. The predicted octanol–water partition coefficient (Wildman–Crippen LogP) is 4.18. The van der Waals surface area contributed by atoms with E-state index in [2.05, 4.69) is 10.1 Å². The van der Waals surface area contributed by atoms with Crippen molar-refractivity contribution < 1.29 is 9.18 Å². The predicted molar refractivity (Wildman–Crippen MR) is 105 cm³/mol. The summed E-state index contributed by atoms with van der Waals surface area (Å²) < 4.78 is 15.6. The molecule has 1 saturated heterocycles. The van der Waals surface area contributed by atoms with Gasteiger partial charge in [-0.1, -0.05) is 11.6 Å². The highest BCUT2D eigenvalue weighted by Crippen LogP contribution is 2.28. The normalized spacial score (nSPS) is 14.0. The summed E-state index contributed by atoms with van der Waals surface area (Å²) in [5, 5.41) is 4.81. The lowest BCUT2D eigenvalue weighted by Crippen LogP contribution is -2.28. The van der Waals surface area contributed by atoms with Gasteiger partial charge < -0.3 is 4.90 Å². The number of thioether (sulfide) groups is 1. The number of aromatic nitrogens is 3. The highest BCUT2D eigenvalue weighted by molar-refractivity contribution is 7.99. The van der Waals surface area contributed by atoms with Gasteiger partial charge in [-0.15, -0.1) is 11.8 Å². The van der Waals surface area contributed by atoms with Crippen molar-refractivity contribution in [3.8, 4) is 16.9 Å². The molecule has 1 fully saturated rings. The van der Waals surface area contributed by atoms with Crippen LogP contribution in [0.2, 0.25) is 5.02 Å². The van der Waals surface area contributed by atoms with Crippen LogP contribution in [0.25, 0.3) is 16.9 Å². The first-order valence-corrected chi connectivity index (χ1v) is 9.91. The minimum absolute atomic E-state index is 0.131. The Labute approximate surface area is 165 Å². The molecule has 1 aromatic carbocycles. The molecule has 0 aliphatic carbocycles. The largest absolute Gasteiger partial charge is 0.327 e. The molecule has 8 heteroatoms. The molecule has 0 N–H and O–H groups in total. The lowest BCUT2D eigenvalue weighted by Gasteiger charge is -2.11. The van der Waals surface area contributed by atoms with Gasteiger partial charge in [0, 0.05) is 34.8 Å². The second kappa shape index (κ2) is 7.32. The number of carbonyl (C=O) groups excluding carboxylic acids is 1. The summed E-state index contributed by atoms with van der Waals surface area (Å²) in [6.07, 6.45) is 1.67. The van der Waals surface area contributed by atoms with Crippen molar-refractivity contribution in [3.63, 3.8) is 0 Å². The van der Waals surface area contributed by atoms with Crippen LogP contribution in [0.1, 0.15) is 16.2 Å². The van der Waals surface area contributed by atoms with Gasteiger partial charge >= 0.3 is 0 Å². The second-order valence-corrected chi connectivity index (χ2v) is 7.76. The number of amides is 1. The van der Waals surface area contributed by atoms with E-state index in [0.29, 0.717) is 29.4 Å². The molecule has 5 nitrogen and oxygen atoms in total. The molecule has 0 atom stereocenters. The van der Waals surface area contributed by atoms with Gasteiger partial charge in [-0.3, -0.25) is 9.78 Å². The standard InChI is InChI=1S/C19H16ClFN4OS/c1-12-6-16(2-3-22-12)25-18(13-7-14(20)9-15(21)8-13)10-17(23-25)19(26)24-4-5-27-11-24/h2-3,6-10H,4-5,11H2,1H3. The van der Waals surface area contributed by atoms with Gasteiger partial charge in [0.2, 0.25) is 0 Å². The Balaban J connectivity index is 1.86. The van der Waals surface area contributed by atoms with Crippen LogP contribution in [0.5, 0.6) is 0 Å². The van der Waals surface area contributed by atoms with Crippen LogP contribution < -0.4 is 0 Å². The van der Waals surface area contributed by atoms with E-state index >= 15 is 0 Å². The van der Waals surface area contributed by atoms with Gasteiger partial charge in [0.1, 0.15) is 5.82 Å². The lowest BCUT2D eigenvalue weighted by molar-refractivity contribution is 0.0796. The van der Waals surface area contributed by atoms with E-state index in [1.165, 1.54) is 12.1 Å². The zero-order valence-electron chi connectivity index (χ0n) is 14.5. The SMILES string of the molecule is Cc1cc(-n2nc(C(=O)N3CCSC3)cc2-c2cc(F)cc(Cl)c2)ccn1. The van der Waals surface area contributed by atoms with Crippen molar-refractivity contribution in [2.24, 2.45) is 0 Å². The molecule has 0 bridgehead atoms. The molecular formula is C19H16ClFN4OS. The molecule has 4 rings (SSSR count). The fraction of sp³-hybridized carbons (Fsp3) is 0.211. The third-order valence-electron chi connectivity index (χ3n) is 4.25. The number of hydrogen-bond acceptors (Lipinski definition) is 4. The third kappa shape index (κ3) is 3.70. The first kappa shape index (κ1) is 18.0. The zero-order valence-corrected chi connectivity index (χ0v) is 16.1. The van der Waals surface area contributed by atoms with Gasteiger partial charge in [0.05, 0.1) is 17.3 Å². The van der Waals surface area contributed by atoms with E-state index in [1.807, 2.05) is 13.0 Å². The van der Waals surface area contributed by atoms with Crippen LogP contribution in [0, 0.1) is 12.7 Å². The van der Waals surface area contributed by atoms with E-state index in [9.17, 15) is 9.18 Å². The van der Waals surface area contributed by atoms with Crippen LogP contribution >= 0.6 is 23.4 Å². The lowest BCUT2D eigenvalue weighted by atomic mass is 10.1. The highest BCUT2D eigenvalue weighted by atomic mass is 35.5. The number of benzene rings is 1. The fourth-order valence-electron chi connectivity index (χ4n) is 2.99. The maximum Gasteiger partial charge on any atom is 0.275 e. The Hall–Kier alpha value is -2.38. The Morgan fingerprint density at radius 2 is 2.11 bits per heavy atom. The molecule has 0 unspecified atom stereocenters. The van der Waals surface area contributed by atoms with Crippen LogP contribution in [-0.2, 0) is 0 Å². The maximum atomic E-state index is 13.9. The minimum atomic E-state index is -0.444. The minimum Gasteiger partial charge on any atom is -0.327 e. The zero-order chi connectivity index (χ0) is 19.0. The second-order valence-electron chi connectivity index (χ2n) is 6.25. The fourth-order valence-corrected chi connectivity index (χ4v) is 4.16. The van der Waals surface area contributed by atoms with Crippen molar-refractivity contribution >= 4 is 29.3 Å². The van der Waals surface area contributed by atoms with Gasteiger partial charge in [-0.2, -0.15) is 5.10 Å². The number of halogens is 2. The van der Waals surface area contributed by atoms with E-state index in [0.717, 1.165) is 17.1 Å². The van der Waals surface area contributed by atoms with Crippen LogP contribution in [0.4, 0.5) is 4.39 Å². The summed E-state index contributed by atoms with van der Waals surface area (Å²) in [7, 11) is 0. The monoisotopic (exact) mass is 402 g/mol. The van der Waals surface area contributed by atoms with Crippen molar-refractivity contribution in [1.29, 1.82) is 0 Å². The van der Waals surface area contributed by atoms with E-state index in [4.69, 9.17) is 11.6 Å². The topological polar surface area (TPSA) is 51.0 Å². The quantitative estimate of drug-likeness (QED) is 0.659. The Morgan fingerprint density at radius 1 is 1.26 bits per heavy atom. The number of aryl methyl sites for hydroxylation is 1. The summed E-state index contributed by atoms with van der Waals surface area (Å²) in [5.74, 6) is 0.997. The summed E-state index contributed by atoms with van der Waals surface area (Å²) in [5.41, 5.74) is 3.03. The van der Waals surface area contributed by atoms with Gasteiger partial charge in [0.15, 0.2) is 5.69 Å². The number of carbonyl (C=O) groups is 1. The molecule has 27 heavy (non-hydrogen) atoms. The Bertz CT molecular complexity index is 996. The Kier molecular flexibility index (Phi) is 4.88. The van der Waals surface area contributed by atoms with Gasteiger partial charge in [-0.25, -0.2) is 9.07 Å². The number of rotatable bonds is 3. The molecule has 0 saturated carbocycles. The van der Waals surface area contributed by atoms with Crippen LogP contribution in [-0.4, -0.2) is 43.7 Å². The molecule has 1 aliphatic heterocycles. The molecule has 1 aliphatic rings. The van der Waals surface area contributed by atoms with Crippen LogP contribution in [0.15, 0.2) is 42.6 Å². The van der Waals surface area contributed by atoms with E-state index in [-0.39, 0.29) is 10.9 Å². The average molecular weight is 403 g/mol. The summed E-state index contributed by atoms with van der Waals surface area (Å²) in [4.78, 5) is 18.8. The molecular weight excluding hydrogens is 387 g/mol. The average Bonchev–Trinajstić information content (AvgIpc) is 3.30. The van der Waals surface area contributed by atoms with Gasteiger partial charge in [0.25, 0.3) is 5.91 Å². The maximum absolute atomic E-state index is 13.9. The van der Waals surface area contributed by atoms with E-state index in [1.54, 1.807) is 45.7 Å².